The van der Waals surface area contributed by atoms with E-state index >= 15 is 0 Å². The van der Waals surface area contributed by atoms with Gasteiger partial charge in [-0.05, 0) is 43.2 Å². The van der Waals surface area contributed by atoms with E-state index in [0.29, 0.717) is 17.9 Å². The summed E-state index contributed by atoms with van der Waals surface area (Å²) in [4.78, 5) is 30.5. The minimum atomic E-state index is -0.222. The maximum Gasteiger partial charge on any atom is 0.321 e. The molecule has 6 nitrogen and oxygen atoms in total. The lowest BCUT2D eigenvalue weighted by atomic mass is 10.2. The lowest BCUT2D eigenvalue weighted by Gasteiger charge is -2.17. The van der Waals surface area contributed by atoms with E-state index < -0.39 is 0 Å². The van der Waals surface area contributed by atoms with Crippen molar-refractivity contribution in [2.75, 3.05) is 17.7 Å². The largest absolute Gasteiger partial charge is 0.326 e. The molecule has 4 rings (SSSR count). The SMILES string of the molecule is CN(Cc1nc2ccccc2s1)C(=O)Nc1cccc(NC(=O)C2CC2)c1. The fourth-order valence-electron chi connectivity index (χ4n) is 2.75. The Kier molecular flexibility index (Phi) is 4.77. The molecule has 0 bridgehead atoms. The first-order valence-corrected chi connectivity index (χ1v) is 9.67. The van der Waals surface area contributed by atoms with Crippen molar-refractivity contribution >= 4 is 44.9 Å². The van der Waals surface area contributed by atoms with E-state index in [-0.39, 0.29) is 17.9 Å². The van der Waals surface area contributed by atoms with Gasteiger partial charge in [-0.2, -0.15) is 0 Å². The predicted octanol–water partition coefficient (Wildman–Crippen LogP) is 4.31. The smallest absolute Gasteiger partial charge is 0.321 e. The summed E-state index contributed by atoms with van der Waals surface area (Å²) in [6, 6.07) is 14.9. The van der Waals surface area contributed by atoms with E-state index in [0.717, 1.165) is 28.1 Å². The van der Waals surface area contributed by atoms with Gasteiger partial charge in [0.1, 0.15) is 5.01 Å². The van der Waals surface area contributed by atoms with Gasteiger partial charge in [0.05, 0.1) is 16.8 Å². The number of para-hydroxylation sites is 1. The van der Waals surface area contributed by atoms with Crippen molar-refractivity contribution in [3.63, 3.8) is 0 Å². The van der Waals surface area contributed by atoms with Gasteiger partial charge in [0.2, 0.25) is 5.91 Å². The minimum absolute atomic E-state index is 0.0476. The number of hydrogen-bond donors (Lipinski definition) is 2. The standard InChI is InChI=1S/C20H20N4O2S/c1-24(12-18-23-16-7-2-3-8-17(16)27-18)20(26)22-15-6-4-5-14(11-15)21-19(25)13-9-10-13/h2-8,11,13H,9-10,12H2,1H3,(H,21,25)(H,22,26). The Morgan fingerprint density at radius 1 is 1.11 bits per heavy atom. The van der Waals surface area contributed by atoms with Gasteiger partial charge in [-0.15, -0.1) is 11.3 Å². The number of urea groups is 1. The Balaban J connectivity index is 1.38. The first-order chi connectivity index (χ1) is 13.1. The average molecular weight is 380 g/mol. The number of fused-ring (bicyclic) bond motifs is 1. The summed E-state index contributed by atoms with van der Waals surface area (Å²) in [5.41, 5.74) is 2.29. The number of carbonyl (C=O) groups excluding carboxylic acids is 2. The first-order valence-electron chi connectivity index (χ1n) is 8.86. The third-order valence-corrected chi connectivity index (χ3v) is 5.41. The van der Waals surface area contributed by atoms with Crippen molar-refractivity contribution in [1.29, 1.82) is 0 Å². The molecule has 138 valence electrons. The third kappa shape index (κ3) is 4.25. The van der Waals surface area contributed by atoms with Gasteiger partial charge in [-0.1, -0.05) is 18.2 Å². The highest BCUT2D eigenvalue weighted by Crippen LogP contribution is 2.30. The first kappa shape index (κ1) is 17.5. The molecule has 1 aliphatic carbocycles. The Labute approximate surface area is 161 Å². The van der Waals surface area contributed by atoms with Crippen molar-refractivity contribution < 1.29 is 9.59 Å². The number of rotatable bonds is 5. The second kappa shape index (κ2) is 7.36. The second-order valence-corrected chi connectivity index (χ2v) is 7.82. The number of nitrogens with zero attached hydrogens (tertiary/aromatic N) is 2. The van der Waals surface area contributed by atoms with Crippen molar-refractivity contribution in [1.82, 2.24) is 9.88 Å². The van der Waals surface area contributed by atoms with Gasteiger partial charge < -0.3 is 15.5 Å². The van der Waals surface area contributed by atoms with Gasteiger partial charge in [-0.3, -0.25) is 4.79 Å². The monoisotopic (exact) mass is 380 g/mol. The number of hydrogen-bond acceptors (Lipinski definition) is 4. The van der Waals surface area contributed by atoms with Crippen LogP contribution >= 0.6 is 11.3 Å². The van der Waals surface area contributed by atoms with Crippen LogP contribution in [-0.2, 0) is 11.3 Å². The molecule has 0 saturated heterocycles. The van der Waals surface area contributed by atoms with E-state index in [4.69, 9.17) is 0 Å². The summed E-state index contributed by atoms with van der Waals surface area (Å²) in [7, 11) is 1.74. The highest BCUT2D eigenvalue weighted by Gasteiger charge is 2.29. The van der Waals surface area contributed by atoms with Crippen molar-refractivity contribution in [3.05, 3.63) is 53.5 Å². The topological polar surface area (TPSA) is 74.3 Å². The van der Waals surface area contributed by atoms with Gasteiger partial charge >= 0.3 is 6.03 Å². The van der Waals surface area contributed by atoms with Crippen LogP contribution in [0.3, 0.4) is 0 Å². The molecule has 2 aromatic carbocycles. The van der Waals surface area contributed by atoms with Crippen LogP contribution in [0.1, 0.15) is 17.8 Å². The highest BCUT2D eigenvalue weighted by atomic mass is 32.1. The van der Waals surface area contributed by atoms with Gasteiger partial charge in [0.25, 0.3) is 0 Å². The van der Waals surface area contributed by atoms with E-state index in [1.807, 2.05) is 36.4 Å². The number of amides is 3. The second-order valence-electron chi connectivity index (χ2n) is 6.71. The Morgan fingerprint density at radius 3 is 2.59 bits per heavy atom. The summed E-state index contributed by atoms with van der Waals surface area (Å²) in [6.45, 7) is 0.434. The molecular formula is C20H20N4O2S. The third-order valence-electron chi connectivity index (χ3n) is 4.39. The molecular weight excluding hydrogens is 360 g/mol. The van der Waals surface area contributed by atoms with Crippen LogP contribution in [-0.4, -0.2) is 28.9 Å². The number of anilines is 2. The zero-order chi connectivity index (χ0) is 18.8. The van der Waals surface area contributed by atoms with E-state index in [2.05, 4.69) is 15.6 Å². The average Bonchev–Trinajstić information content (AvgIpc) is 3.42. The Hall–Kier alpha value is -2.93. The van der Waals surface area contributed by atoms with Crippen LogP contribution < -0.4 is 10.6 Å². The fourth-order valence-corrected chi connectivity index (χ4v) is 3.77. The number of benzene rings is 2. The van der Waals surface area contributed by atoms with Crippen LogP contribution in [0.2, 0.25) is 0 Å². The molecule has 0 aliphatic heterocycles. The highest BCUT2D eigenvalue weighted by molar-refractivity contribution is 7.18. The molecule has 7 heteroatoms. The summed E-state index contributed by atoms with van der Waals surface area (Å²) < 4.78 is 1.11. The quantitative estimate of drug-likeness (QED) is 0.693. The van der Waals surface area contributed by atoms with Crippen LogP contribution in [0.5, 0.6) is 0 Å². The molecule has 1 heterocycles. The van der Waals surface area contributed by atoms with Crippen LogP contribution in [0, 0.1) is 5.92 Å². The number of aromatic nitrogens is 1. The van der Waals surface area contributed by atoms with E-state index in [1.165, 1.54) is 0 Å². The zero-order valence-corrected chi connectivity index (χ0v) is 15.8. The molecule has 27 heavy (non-hydrogen) atoms. The molecule has 0 atom stereocenters. The van der Waals surface area contributed by atoms with Crippen molar-refractivity contribution in [2.24, 2.45) is 5.92 Å². The van der Waals surface area contributed by atoms with Gasteiger partial charge in [-0.25, -0.2) is 9.78 Å². The van der Waals surface area contributed by atoms with Gasteiger partial charge in [0.15, 0.2) is 0 Å². The zero-order valence-electron chi connectivity index (χ0n) is 14.9. The van der Waals surface area contributed by atoms with Crippen LogP contribution in [0.15, 0.2) is 48.5 Å². The normalized spacial score (nSPS) is 13.4. The summed E-state index contributed by atoms with van der Waals surface area (Å²) in [5.74, 6) is 0.189. The molecule has 2 N–H and O–H groups in total. The maximum atomic E-state index is 12.5. The predicted molar refractivity (Wildman–Crippen MR) is 108 cm³/mol. The lowest BCUT2D eigenvalue weighted by molar-refractivity contribution is -0.117. The molecule has 1 aromatic heterocycles. The van der Waals surface area contributed by atoms with Crippen molar-refractivity contribution in [2.45, 2.75) is 19.4 Å². The Bertz CT molecular complexity index is 963. The molecule has 0 radical (unpaired) electrons. The molecule has 1 aliphatic rings. The lowest BCUT2D eigenvalue weighted by Crippen LogP contribution is -2.30. The molecule has 1 saturated carbocycles. The maximum absolute atomic E-state index is 12.5. The minimum Gasteiger partial charge on any atom is -0.326 e. The summed E-state index contributed by atoms with van der Waals surface area (Å²) in [5, 5.41) is 6.64. The molecule has 3 amide bonds. The Morgan fingerprint density at radius 2 is 1.85 bits per heavy atom. The molecule has 1 fully saturated rings. The van der Waals surface area contributed by atoms with Crippen LogP contribution in [0.25, 0.3) is 10.2 Å². The van der Waals surface area contributed by atoms with Crippen molar-refractivity contribution in [3.8, 4) is 0 Å². The van der Waals surface area contributed by atoms with E-state index in [9.17, 15) is 9.59 Å². The molecule has 0 spiro atoms. The van der Waals surface area contributed by atoms with E-state index in [1.54, 1.807) is 35.4 Å². The number of carbonyl (C=O) groups is 2. The molecule has 0 unspecified atom stereocenters. The summed E-state index contributed by atoms with van der Waals surface area (Å²) in [6.07, 6.45) is 1.91. The van der Waals surface area contributed by atoms with Crippen LogP contribution in [0.4, 0.5) is 16.2 Å². The van der Waals surface area contributed by atoms with Gasteiger partial charge in [0, 0.05) is 24.3 Å². The fraction of sp³-hybridized carbons (Fsp3) is 0.250. The number of thiazole rings is 1. The summed E-state index contributed by atoms with van der Waals surface area (Å²) >= 11 is 1.59. The number of nitrogens with one attached hydrogen (secondary N) is 2. The molecule has 3 aromatic rings.